The third-order valence-corrected chi connectivity index (χ3v) is 6.70. The molecule has 0 radical (unpaired) electrons. The number of anilines is 1. The Morgan fingerprint density at radius 3 is 2.29 bits per heavy atom. The number of unbranched alkanes of at least 4 members (excludes halogenated alkanes) is 2. The van der Waals surface area contributed by atoms with Crippen molar-refractivity contribution in [3.8, 4) is 16.9 Å². The van der Waals surface area contributed by atoms with Crippen LogP contribution in [0.5, 0.6) is 5.75 Å². The average Bonchev–Trinajstić information content (AvgIpc) is 2.87. The summed E-state index contributed by atoms with van der Waals surface area (Å²) < 4.78 is 39.2. The zero-order chi connectivity index (χ0) is 25.3. The Morgan fingerprint density at radius 1 is 0.943 bits per heavy atom. The summed E-state index contributed by atoms with van der Waals surface area (Å²) in [4.78, 5) is 11.4. The van der Waals surface area contributed by atoms with Crippen molar-refractivity contribution in [2.75, 3.05) is 18.4 Å². The zero-order valence-corrected chi connectivity index (χ0v) is 20.3. The molecule has 9 heteroatoms. The molecule has 184 valence electrons. The van der Waals surface area contributed by atoms with Crippen LogP contribution >= 0.6 is 0 Å². The Hall–Kier alpha value is -3.85. The number of sulfonamides is 1. The molecular formula is C26H29N3O5S. The largest absolute Gasteiger partial charge is 0.491 e. The standard InChI is InChI=1S/C26H29N3O5S/c1-33-25(30)10-6-3-7-17-34-24-16-15-21(19-11-13-20(14-12-19)26(27)28)18-23(24)29-35(31,32)22-8-4-2-5-9-22/h2,4-5,8-9,11-16,18,29H,3,6-7,10,17H2,1H3,(H3,27,28). The molecule has 35 heavy (non-hydrogen) atoms. The fourth-order valence-corrected chi connectivity index (χ4v) is 4.48. The molecule has 0 amide bonds. The summed E-state index contributed by atoms with van der Waals surface area (Å²) in [7, 11) is -2.46. The van der Waals surface area contributed by atoms with Crippen molar-refractivity contribution in [1.82, 2.24) is 0 Å². The lowest BCUT2D eigenvalue weighted by Crippen LogP contribution is -2.14. The molecule has 3 aromatic rings. The Morgan fingerprint density at radius 2 is 1.63 bits per heavy atom. The van der Waals surface area contributed by atoms with Crippen molar-refractivity contribution in [3.63, 3.8) is 0 Å². The van der Waals surface area contributed by atoms with Gasteiger partial charge in [-0.25, -0.2) is 8.42 Å². The number of benzene rings is 3. The van der Waals surface area contributed by atoms with E-state index in [1.54, 1.807) is 42.5 Å². The maximum Gasteiger partial charge on any atom is 0.305 e. The molecule has 0 aliphatic carbocycles. The quantitative estimate of drug-likeness (QED) is 0.146. The van der Waals surface area contributed by atoms with Crippen LogP contribution in [0.4, 0.5) is 5.69 Å². The first-order valence-electron chi connectivity index (χ1n) is 11.2. The maximum absolute atomic E-state index is 13.0. The van der Waals surface area contributed by atoms with Crippen LogP contribution in [0, 0.1) is 5.41 Å². The molecule has 0 saturated carbocycles. The van der Waals surface area contributed by atoms with Crippen molar-refractivity contribution in [2.45, 2.75) is 30.6 Å². The van der Waals surface area contributed by atoms with Gasteiger partial charge in [0, 0.05) is 12.0 Å². The van der Waals surface area contributed by atoms with Gasteiger partial charge in [-0.3, -0.25) is 14.9 Å². The summed E-state index contributed by atoms with van der Waals surface area (Å²) in [6.45, 7) is 0.369. The van der Waals surface area contributed by atoms with E-state index in [0.29, 0.717) is 42.9 Å². The highest BCUT2D eigenvalue weighted by molar-refractivity contribution is 7.92. The highest BCUT2D eigenvalue weighted by atomic mass is 32.2. The normalized spacial score (nSPS) is 11.0. The summed E-state index contributed by atoms with van der Waals surface area (Å²) in [5, 5.41) is 7.55. The Labute approximate surface area is 205 Å². The van der Waals surface area contributed by atoms with E-state index in [1.807, 2.05) is 18.2 Å². The van der Waals surface area contributed by atoms with Crippen molar-refractivity contribution >= 4 is 27.5 Å². The van der Waals surface area contributed by atoms with Gasteiger partial charge >= 0.3 is 5.97 Å². The van der Waals surface area contributed by atoms with Gasteiger partial charge in [0.2, 0.25) is 0 Å². The summed E-state index contributed by atoms with van der Waals surface area (Å²) in [6.07, 6.45) is 2.53. The first-order valence-corrected chi connectivity index (χ1v) is 12.6. The van der Waals surface area contributed by atoms with Crippen LogP contribution < -0.4 is 15.2 Å². The minimum absolute atomic E-state index is 0.0248. The molecule has 8 nitrogen and oxygen atoms in total. The number of carbonyl (C=O) groups excluding carboxylic acids is 1. The van der Waals surface area contributed by atoms with Gasteiger partial charge in [-0.05, 0) is 54.7 Å². The second kappa shape index (κ2) is 12.0. The summed E-state index contributed by atoms with van der Waals surface area (Å²) >= 11 is 0. The topological polar surface area (TPSA) is 132 Å². The monoisotopic (exact) mass is 495 g/mol. The molecule has 3 rings (SSSR count). The van der Waals surface area contributed by atoms with E-state index in [9.17, 15) is 13.2 Å². The SMILES string of the molecule is COC(=O)CCCCCOc1ccc(-c2ccc(C(=N)N)cc2)cc1NS(=O)(=O)c1ccccc1. The lowest BCUT2D eigenvalue weighted by Gasteiger charge is -2.16. The van der Waals surface area contributed by atoms with Gasteiger partial charge in [0.15, 0.2) is 0 Å². The van der Waals surface area contributed by atoms with Gasteiger partial charge in [-0.2, -0.15) is 0 Å². The number of methoxy groups -OCH3 is 1. The van der Waals surface area contributed by atoms with Crippen LogP contribution in [0.3, 0.4) is 0 Å². The van der Waals surface area contributed by atoms with E-state index < -0.39 is 10.0 Å². The minimum Gasteiger partial charge on any atom is -0.491 e. The molecule has 0 aliphatic rings. The lowest BCUT2D eigenvalue weighted by molar-refractivity contribution is -0.140. The van der Waals surface area contributed by atoms with Gasteiger partial charge in [-0.1, -0.05) is 48.5 Å². The third-order valence-electron chi connectivity index (χ3n) is 5.32. The number of ether oxygens (including phenoxy) is 2. The molecule has 4 N–H and O–H groups in total. The lowest BCUT2D eigenvalue weighted by atomic mass is 10.0. The Balaban J connectivity index is 1.81. The number of hydrogen-bond acceptors (Lipinski definition) is 6. The molecular weight excluding hydrogens is 466 g/mol. The molecule has 0 aliphatic heterocycles. The highest BCUT2D eigenvalue weighted by Crippen LogP contribution is 2.33. The first kappa shape index (κ1) is 25.8. The van der Waals surface area contributed by atoms with E-state index in [4.69, 9.17) is 15.9 Å². The number of amidine groups is 1. The number of nitrogens with two attached hydrogens (primary N) is 1. The molecule has 0 spiro atoms. The smallest absolute Gasteiger partial charge is 0.305 e. The van der Waals surface area contributed by atoms with Crippen molar-refractivity contribution in [3.05, 3.63) is 78.4 Å². The molecule has 0 fully saturated rings. The van der Waals surface area contributed by atoms with Crippen LogP contribution in [0.2, 0.25) is 0 Å². The van der Waals surface area contributed by atoms with Crippen molar-refractivity contribution in [1.29, 1.82) is 5.41 Å². The molecule has 3 aromatic carbocycles. The Bertz CT molecular complexity index is 1260. The fraction of sp³-hybridized carbons (Fsp3) is 0.231. The number of rotatable bonds is 12. The van der Waals surface area contributed by atoms with Gasteiger partial charge < -0.3 is 15.2 Å². The van der Waals surface area contributed by atoms with Gasteiger partial charge in [0.1, 0.15) is 11.6 Å². The van der Waals surface area contributed by atoms with E-state index in [2.05, 4.69) is 9.46 Å². The second-order valence-corrected chi connectivity index (χ2v) is 9.54. The number of nitrogens with one attached hydrogen (secondary N) is 2. The van der Waals surface area contributed by atoms with Gasteiger partial charge in [0.25, 0.3) is 10.0 Å². The highest BCUT2D eigenvalue weighted by Gasteiger charge is 2.17. The average molecular weight is 496 g/mol. The van der Waals surface area contributed by atoms with E-state index in [-0.39, 0.29) is 16.7 Å². The number of nitrogen functional groups attached to an aromatic ring is 1. The molecule has 0 saturated heterocycles. The van der Waals surface area contributed by atoms with E-state index in [1.165, 1.54) is 19.2 Å². The Kier molecular flexibility index (Phi) is 8.86. The second-order valence-electron chi connectivity index (χ2n) is 7.86. The zero-order valence-electron chi connectivity index (χ0n) is 19.5. The minimum atomic E-state index is -3.83. The van der Waals surface area contributed by atoms with Crippen molar-refractivity contribution < 1.29 is 22.7 Å². The molecule has 0 bridgehead atoms. The van der Waals surface area contributed by atoms with Crippen molar-refractivity contribution in [2.24, 2.45) is 5.73 Å². The summed E-state index contributed by atoms with van der Waals surface area (Å²) in [6, 6.07) is 20.5. The number of carbonyl (C=O) groups is 1. The van der Waals surface area contributed by atoms with Crippen LogP contribution in [-0.4, -0.2) is 33.9 Å². The van der Waals surface area contributed by atoms with Crippen LogP contribution in [0.1, 0.15) is 31.2 Å². The van der Waals surface area contributed by atoms with Gasteiger partial charge in [0.05, 0.1) is 24.3 Å². The van der Waals surface area contributed by atoms with E-state index in [0.717, 1.165) is 17.5 Å². The number of hydrogen-bond donors (Lipinski definition) is 3. The number of esters is 1. The molecule has 0 aromatic heterocycles. The van der Waals surface area contributed by atoms with Crippen LogP contribution in [0.15, 0.2) is 77.7 Å². The summed E-state index contributed by atoms with van der Waals surface area (Å²) in [5.41, 5.74) is 8.07. The third kappa shape index (κ3) is 7.31. The van der Waals surface area contributed by atoms with E-state index >= 15 is 0 Å². The fourth-order valence-electron chi connectivity index (χ4n) is 3.39. The van der Waals surface area contributed by atoms with Crippen LogP contribution in [0.25, 0.3) is 11.1 Å². The summed E-state index contributed by atoms with van der Waals surface area (Å²) in [5.74, 6) is 0.139. The van der Waals surface area contributed by atoms with Crippen LogP contribution in [-0.2, 0) is 19.6 Å². The maximum atomic E-state index is 13.0. The first-order chi connectivity index (χ1) is 16.8. The molecule has 0 heterocycles. The molecule has 0 unspecified atom stereocenters. The predicted molar refractivity (Wildman–Crippen MR) is 136 cm³/mol. The van der Waals surface area contributed by atoms with Gasteiger partial charge in [-0.15, -0.1) is 0 Å². The predicted octanol–water partition coefficient (Wildman–Crippen LogP) is 4.55. The molecule has 0 atom stereocenters.